The SMILES string of the molecule is CN=C(NCCn1cccc1)NCc1nc2ccccc2n1C. The summed E-state index contributed by atoms with van der Waals surface area (Å²) in [7, 11) is 3.81. The molecule has 6 heteroatoms. The smallest absolute Gasteiger partial charge is 0.191 e. The van der Waals surface area contributed by atoms with Gasteiger partial charge in [-0.3, -0.25) is 4.99 Å². The van der Waals surface area contributed by atoms with E-state index in [2.05, 4.69) is 48.2 Å². The van der Waals surface area contributed by atoms with Crippen LogP contribution in [0, 0.1) is 0 Å². The maximum Gasteiger partial charge on any atom is 0.191 e. The van der Waals surface area contributed by atoms with E-state index in [9.17, 15) is 0 Å². The number of imidazole rings is 1. The van der Waals surface area contributed by atoms with Crippen LogP contribution in [0.4, 0.5) is 0 Å². The van der Waals surface area contributed by atoms with Gasteiger partial charge in [-0.1, -0.05) is 12.1 Å². The molecule has 0 spiro atoms. The summed E-state index contributed by atoms with van der Waals surface area (Å²) in [5.74, 6) is 1.77. The topological polar surface area (TPSA) is 59.2 Å². The number of fused-ring (bicyclic) bond motifs is 1. The molecule has 0 atom stereocenters. The number of para-hydroxylation sites is 2. The van der Waals surface area contributed by atoms with Gasteiger partial charge in [-0.2, -0.15) is 0 Å². The fourth-order valence-corrected chi connectivity index (χ4v) is 2.56. The Bertz CT molecular complexity index is 785. The Kier molecular flexibility index (Phi) is 4.61. The molecule has 0 fully saturated rings. The maximum absolute atomic E-state index is 4.65. The average Bonchev–Trinajstić information content (AvgIpc) is 3.19. The number of nitrogens with one attached hydrogen (secondary N) is 2. The van der Waals surface area contributed by atoms with Crippen molar-refractivity contribution < 1.29 is 0 Å². The zero-order chi connectivity index (χ0) is 16.1. The first kappa shape index (κ1) is 15.1. The van der Waals surface area contributed by atoms with Gasteiger partial charge in [0.2, 0.25) is 0 Å². The predicted molar refractivity (Wildman–Crippen MR) is 93.3 cm³/mol. The molecule has 3 rings (SSSR count). The second-order valence-electron chi connectivity index (χ2n) is 5.35. The largest absolute Gasteiger partial charge is 0.355 e. The number of hydrogen-bond acceptors (Lipinski definition) is 2. The van der Waals surface area contributed by atoms with E-state index in [0.717, 1.165) is 35.9 Å². The minimum absolute atomic E-state index is 0.633. The highest BCUT2D eigenvalue weighted by molar-refractivity contribution is 5.80. The normalized spacial score (nSPS) is 11.8. The Labute approximate surface area is 135 Å². The number of aliphatic imine (C=N–C) groups is 1. The van der Waals surface area contributed by atoms with Gasteiger partial charge in [-0.15, -0.1) is 0 Å². The number of hydrogen-bond donors (Lipinski definition) is 2. The second-order valence-corrected chi connectivity index (χ2v) is 5.35. The highest BCUT2D eigenvalue weighted by atomic mass is 15.2. The number of aromatic nitrogens is 3. The van der Waals surface area contributed by atoms with E-state index in [0.29, 0.717) is 6.54 Å². The van der Waals surface area contributed by atoms with E-state index >= 15 is 0 Å². The van der Waals surface area contributed by atoms with Crippen molar-refractivity contribution in [2.24, 2.45) is 12.0 Å². The Morgan fingerprint density at radius 3 is 2.65 bits per heavy atom. The third-order valence-electron chi connectivity index (χ3n) is 3.85. The molecule has 3 aromatic rings. The molecule has 0 radical (unpaired) electrons. The third-order valence-corrected chi connectivity index (χ3v) is 3.85. The Morgan fingerprint density at radius 2 is 1.91 bits per heavy atom. The Hall–Kier alpha value is -2.76. The fraction of sp³-hybridized carbons (Fsp3) is 0.294. The number of aryl methyl sites for hydroxylation is 1. The highest BCUT2D eigenvalue weighted by Crippen LogP contribution is 2.13. The van der Waals surface area contributed by atoms with Gasteiger partial charge in [0.1, 0.15) is 5.82 Å². The zero-order valence-electron chi connectivity index (χ0n) is 13.5. The van der Waals surface area contributed by atoms with Crippen molar-refractivity contribution in [1.29, 1.82) is 0 Å². The van der Waals surface area contributed by atoms with Gasteiger partial charge in [0.05, 0.1) is 17.6 Å². The summed E-state index contributed by atoms with van der Waals surface area (Å²) in [4.78, 5) is 8.91. The van der Waals surface area contributed by atoms with E-state index in [-0.39, 0.29) is 0 Å². The van der Waals surface area contributed by atoms with Crippen LogP contribution >= 0.6 is 0 Å². The molecule has 2 aromatic heterocycles. The lowest BCUT2D eigenvalue weighted by Gasteiger charge is -2.12. The van der Waals surface area contributed by atoms with Gasteiger partial charge in [0, 0.05) is 39.6 Å². The third kappa shape index (κ3) is 3.53. The molecule has 1 aromatic carbocycles. The van der Waals surface area contributed by atoms with Crippen LogP contribution in [0.1, 0.15) is 5.82 Å². The molecule has 120 valence electrons. The van der Waals surface area contributed by atoms with Crippen molar-refractivity contribution in [3.63, 3.8) is 0 Å². The van der Waals surface area contributed by atoms with Crippen molar-refractivity contribution in [2.45, 2.75) is 13.1 Å². The first-order chi connectivity index (χ1) is 11.3. The molecule has 2 N–H and O–H groups in total. The number of guanidine groups is 1. The Morgan fingerprint density at radius 1 is 1.13 bits per heavy atom. The van der Waals surface area contributed by atoms with E-state index in [4.69, 9.17) is 0 Å². The number of benzene rings is 1. The van der Waals surface area contributed by atoms with Crippen molar-refractivity contribution in [3.8, 4) is 0 Å². The van der Waals surface area contributed by atoms with Crippen LogP contribution in [-0.2, 0) is 20.1 Å². The maximum atomic E-state index is 4.65. The van der Waals surface area contributed by atoms with E-state index in [1.54, 1.807) is 7.05 Å². The molecule has 0 aliphatic carbocycles. The van der Waals surface area contributed by atoms with Crippen LogP contribution in [-0.4, -0.2) is 33.7 Å². The van der Waals surface area contributed by atoms with Crippen molar-refractivity contribution in [2.75, 3.05) is 13.6 Å². The second kappa shape index (κ2) is 7.00. The average molecular weight is 310 g/mol. The summed E-state index contributed by atoms with van der Waals surface area (Å²) < 4.78 is 4.24. The monoisotopic (exact) mass is 310 g/mol. The van der Waals surface area contributed by atoms with Crippen molar-refractivity contribution in [3.05, 3.63) is 54.6 Å². The first-order valence-electron chi connectivity index (χ1n) is 7.73. The predicted octanol–water partition coefficient (Wildman–Crippen LogP) is 1.74. The number of nitrogens with zero attached hydrogens (tertiary/aromatic N) is 4. The number of rotatable bonds is 5. The van der Waals surface area contributed by atoms with Gasteiger partial charge >= 0.3 is 0 Å². The summed E-state index contributed by atoms with van der Waals surface area (Å²) in [5.41, 5.74) is 2.15. The molecule has 0 amide bonds. The molecular weight excluding hydrogens is 288 g/mol. The van der Waals surface area contributed by atoms with Gasteiger partial charge < -0.3 is 19.8 Å². The zero-order valence-corrected chi connectivity index (χ0v) is 13.5. The lowest BCUT2D eigenvalue weighted by atomic mass is 10.3. The van der Waals surface area contributed by atoms with Crippen LogP contribution in [0.3, 0.4) is 0 Å². The van der Waals surface area contributed by atoms with E-state index in [1.165, 1.54) is 0 Å². The lowest BCUT2D eigenvalue weighted by molar-refractivity contribution is 0.660. The van der Waals surface area contributed by atoms with Crippen LogP contribution in [0.15, 0.2) is 53.8 Å². The molecule has 0 unspecified atom stereocenters. The molecular formula is C17H22N6. The standard InChI is InChI=1S/C17H22N6/c1-18-17(19-9-12-23-10-5-6-11-23)20-13-16-21-14-7-3-4-8-15(14)22(16)2/h3-8,10-11H,9,12-13H2,1-2H3,(H2,18,19,20). The molecule has 0 aliphatic rings. The van der Waals surface area contributed by atoms with Crippen LogP contribution < -0.4 is 10.6 Å². The summed E-state index contributed by atoms with van der Waals surface area (Å²) in [6.45, 7) is 2.35. The van der Waals surface area contributed by atoms with Crippen LogP contribution in [0.25, 0.3) is 11.0 Å². The lowest BCUT2D eigenvalue weighted by Crippen LogP contribution is -2.38. The Balaban J connectivity index is 1.55. The van der Waals surface area contributed by atoms with Crippen LogP contribution in [0.5, 0.6) is 0 Å². The van der Waals surface area contributed by atoms with E-state index < -0.39 is 0 Å². The first-order valence-corrected chi connectivity index (χ1v) is 7.73. The molecule has 0 saturated carbocycles. The van der Waals surface area contributed by atoms with Gasteiger partial charge in [-0.05, 0) is 24.3 Å². The van der Waals surface area contributed by atoms with E-state index in [1.807, 2.05) is 37.4 Å². The molecule has 0 aliphatic heterocycles. The molecule has 6 nitrogen and oxygen atoms in total. The summed E-state index contributed by atoms with van der Waals surface area (Å²) in [6.07, 6.45) is 4.11. The molecule has 23 heavy (non-hydrogen) atoms. The van der Waals surface area contributed by atoms with Crippen molar-refractivity contribution >= 4 is 17.0 Å². The minimum Gasteiger partial charge on any atom is -0.355 e. The molecule has 2 heterocycles. The van der Waals surface area contributed by atoms with Gasteiger partial charge in [-0.25, -0.2) is 4.98 Å². The minimum atomic E-state index is 0.633. The summed E-state index contributed by atoms with van der Waals surface area (Å²) >= 11 is 0. The fourth-order valence-electron chi connectivity index (χ4n) is 2.56. The molecule has 0 bridgehead atoms. The summed E-state index contributed by atoms with van der Waals surface area (Å²) in [6, 6.07) is 12.2. The molecule has 0 saturated heterocycles. The quantitative estimate of drug-likeness (QED) is 0.557. The summed E-state index contributed by atoms with van der Waals surface area (Å²) in [5, 5.41) is 6.63. The van der Waals surface area contributed by atoms with Crippen molar-refractivity contribution in [1.82, 2.24) is 24.8 Å². The van der Waals surface area contributed by atoms with Gasteiger partial charge in [0.15, 0.2) is 5.96 Å². The van der Waals surface area contributed by atoms with Crippen LogP contribution in [0.2, 0.25) is 0 Å². The van der Waals surface area contributed by atoms with Gasteiger partial charge in [0.25, 0.3) is 0 Å². The highest BCUT2D eigenvalue weighted by Gasteiger charge is 2.07.